The first kappa shape index (κ1) is 36.4. The number of carbonyl (C=O) groups excluding carboxylic acids is 1. The van der Waals surface area contributed by atoms with Gasteiger partial charge in [-0.15, -0.1) is 0 Å². The van der Waals surface area contributed by atoms with Crippen LogP contribution in [0.3, 0.4) is 0 Å². The van der Waals surface area contributed by atoms with E-state index in [1.165, 1.54) is 12.1 Å². The largest absolute Gasteiger partial charge is 0.494 e. The normalized spacial score (nSPS) is 16.9. The maximum absolute atomic E-state index is 14.5. The Morgan fingerprint density at radius 2 is 1.70 bits per heavy atom. The lowest BCUT2D eigenvalue weighted by molar-refractivity contribution is -0.130. The van der Waals surface area contributed by atoms with Crippen LogP contribution in [0, 0.1) is 0 Å². The lowest BCUT2D eigenvalue weighted by Crippen LogP contribution is -2.53. The molecule has 0 bridgehead atoms. The number of nitrogens with zero attached hydrogens (tertiary/aromatic N) is 4. The van der Waals surface area contributed by atoms with Gasteiger partial charge in [0.2, 0.25) is 5.90 Å². The number of aliphatic hydroxyl groups excluding tert-OH is 1. The molecule has 12 nitrogen and oxygen atoms in total. The SMILES string of the molecule is [N-]=[N+]=NCc1ccccc1[C@@H]1OC(c2ccc(OCCCO)cc2)=N[C@]1(CCS(=O)(=O)c1ccccc1)C(=O)NNCCc1ccccc1Cl. The van der Waals surface area contributed by atoms with Gasteiger partial charge in [0.15, 0.2) is 21.5 Å². The first-order valence-corrected chi connectivity index (χ1v) is 18.0. The zero-order valence-electron chi connectivity index (χ0n) is 27.1. The maximum Gasteiger partial charge on any atom is 0.266 e. The van der Waals surface area contributed by atoms with Crippen LogP contribution in [0.4, 0.5) is 0 Å². The third-order valence-corrected chi connectivity index (χ3v) is 10.3. The Hall–Kier alpha value is -4.91. The molecule has 4 aromatic rings. The first-order valence-electron chi connectivity index (χ1n) is 16.0. The highest BCUT2D eigenvalue weighted by molar-refractivity contribution is 7.91. The number of benzene rings is 4. The Balaban J connectivity index is 1.54. The van der Waals surface area contributed by atoms with Gasteiger partial charge >= 0.3 is 0 Å². The van der Waals surface area contributed by atoms with Gasteiger partial charge in [-0.1, -0.05) is 77.4 Å². The van der Waals surface area contributed by atoms with Gasteiger partial charge in [0.05, 0.1) is 23.8 Å². The molecule has 4 aromatic carbocycles. The molecule has 0 saturated carbocycles. The van der Waals surface area contributed by atoms with Gasteiger partial charge in [0, 0.05) is 41.5 Å². The number of sulfone groups is 1. The molecule has 0 fully saturated rings. The number of halogens is 1. The summed E-state index contributed by atoms with van der Waals surface area (Å²) in [7, 11) is -3.85. The Morgan fingerprint density at radius 1 is 1.00 bits per heavy atom. The molecular weight excluding hydrogens is 680 g/mol. The van der Waals surface area contributed by atoms with Crippen LogP contribution in [-0.4, -0.2) is 56.4 Å². The number of hydrogen-bond donors (Lipinski definition) is 3. The van der Waals surface area contributed by atoms with E-state index in [0.29, 0.717) is 53.5 Å². The van der Waals surface area contributed by atoms with Gasteiger partial charge in [0.1, 0.15) is 5.75 Å². The Kier molecular flexibility index (Phi) is 12.5. The molecule has 0 unspecified atom stereocenters. The number of aliphatic imine (C=N–C) groups is 1. The lowest BCUT2D eigenvalue weighted by Gasteiger charge is -2.31. The highest BCUT2D eigenvalue weighted by Gasteiger charge is 2.54. The topological polar surface area (TPSA) is 175 Å². The Bertz CT molecular complexity index is 1960. The number of aliphatic hydroxyl groups is 1. The fourth-order valence-corrected chi connectivity index (χ4v) is 7.19. The molecule has 1 aliphatic rings. The Labute approximate surface area is 295 Å². The van der Waals surface area contributed by atoms with E-state index in [1.54, 1.807) is 72.8 Å². The van der Waals surface area contributed by atoms with E-state index in [4.69, 9.17) is 36.7 Å². The van der Waals surface area contributed by atoms with Gasteiger partial charge < -0.3 is 14.6 Å². The highest BCUT2D eigenvalue weighted by atomic mass is 35.5. The van der Waals surface area contributed by atoms with Gasteiger partial charge in [-0.3, -0.25) is 10.2 Å². The van der Waals surface area contributed by atoms with Crippen LogP contribution in [0.2, 0.25) is 5.02 Å². The fourth-order valence-electron chi connectivity index (χ4n) is 5.57. The number of hydrogen-bond acceptors (Lipinski definition) is 9. The van der Waals surface area contributed by atoms with Crippen molar-refractivity contribution in [3.8, 4) is 5.75 Å². The van der Waals surface area contributed by atoms with Gasteiger partial charge in [-0.25, -0.2) is 18.8 Å². The predicted molar refractivity (Wildman–Crippen MR) is 190 cm³/mol. The average Bonchev–Trinajstić information content (AvgIpc) is 3.54. The van der Waals surface area contributed by atoms with E-state index >= 15 is 0 Å². The van der Waals surface area contributed by atoms with Crippen LogP contribution < -0.4 is 15.6 Å². The zero-order chi connectivity index (χ0) is 35.4. The molecule has 14 heteroatoms. The smallest absolute Gasteiger partial charge is 0.266 e. The summed E-state index contributed by atoms with van der Waals surface area (Å²) >= 11 is 6.33. The van der Waals surface area contributed by atoms with Gasteiger partial charge in [-0.2, -0.15) is 0 Å². The van der Waals surface area contributed by atoms with Crippen molar-refractivity contribution in [3.63, 3.8) is 0 Å². The van der Waals surface area contributed by atoms with Crippen LogP contribution in [0.5, 0.6) is 5.75 Å². The van der Waals surface area contributed by atoms with Crippen LogP contribution in [-0.2, 0) is 32.3 Å². The minimum atomic E-state index is -3.85. The summed E-state index contributed by atoms with van der Waals surface area (Å²) in [5, 5.41) is 13.4. The molecule has 1 heterocycles. The van der Waals surface area contributed by atoms with Crippen molar-refractivity contribution in [2.75, 3.05) is 25.5 Å². The van der Waals surface area contributed by atoms with E-state index in [1.807, 2.05) is 18.2 Å². The molecular formula is C36H37ClN6O6S. The molecule has 0 aliphatic carbocycles. The second kappa shape index (κ2) is 17.1. The van der Waals surface area contributed by atoms with Gasteiger partial charge in [-0.05, 0) is 71.1 Å². The summed E-state index contributed by atoms with van der Waals surface area (Å²) in [5.41, 5.74) is 15.6. The second-order valence-electron chi connectivity index (χ2n) is 11.5. The van der Waals surface area contributed by atoms with Crippen LogP contribution in [0.15, 0.2) is 118 Å². The number of hydrazine groups is 1. The number of amides is 1. The third-order valence-electron chi connectivity index (χ3n) is 8.21. The minimum Gasteiger partial charge on any atom is -0.494 e. The van der Waals surface area contributed by atoms with Crippen molar-refractivity contribution in [2.45, 2.75) is 42.3 Å². The van der Waals surface area contributed by atoms with E-state index in [-0.39, 0.29) is 30.4 Å². The second-order valence-corrected chi connectivity index (χ2v) is 14.0. The molecule has 0 aromatic heterocycles. The number of azide groups is 1. The summed E-state index contributed by atoms with van der Waals surface area (Å²) in [6.45, 7) is 0.628. The van der Waals surface area contributed by atoms with Gasteiger partial charge in [0.25, 0.3) is 5.91 Å². The van der Waals surface area contributed by atoms with Crippen LogP contribution >= 0.6 is 11.6 Å². The molecule has 0 saturated heterocycles. The molecule has 50 heavy (non-hydrogen) atoms. The quantitative estimate of drug-likeness (QED) is 0.0401. The fraction of sp³-hybridized carbons (Fsp3) is 0.278. The zero-order valence-corrected chi connectivity index (χ0v) is 28.7. The van der Waals surface area contributed by atoms with Crippen molar-refractivity contribution >= 4 is 33.2 Å². The summed E-state index contributed by atoms with van der Waals surface area (Å²) < 4.78 is 39.4. The molecule has 260 valence electrons. The average molecular weight is 717 g/mol. The van der Waals surface area contributed by atoms with E-state index in [0.717, 1.165) is 5.56 Å². The van der Waals surface area contributed by atoms with E-state index in [2.05, 4.69) is 20.9 Å². The summed E-state index contributed by atoms with van der Waals surface area (Å²) in [4.78, 5) is 22.4. The van der Waals surface area contributed by atoms with Crippen molar-refractivity contribution < 1.29 is 27.8 Å². The number of carbonyl (C=O) groups is 1. The molecule has 1 amide bonds. The first-order chi connectivity index (χ1) is 24.3. The monoisotopic (exact) mass is 716 g/mol. The van der Waals surface area contributed by atoms with Crippen molar-refractivity contribution in [3.05, 3.63) is 141 Å². The number of nitrogens with one attached hydrogen (secondary N) is 2. The Morgan fingerprint density at radius 3 is 2.42 bits per heavy atom. The molecule has 3 N–H and O–H groups in total. The van der Waals surface area contributed by atoms with Crippen molar-refractivity contribution in [1.29, 1.82) is 0 Å². The molecule has 5 rings (SSSR count). The maximum atomic E-state index is 14.5. The lowest BCUT2D eigenvalue weighted by atomic mass is 9.83. The van der Waals surface area contributed by atoms with E-state index in [9.17, 15) is 13.2 Å². The van der Waals surface area contributed by atoms with Crippen molar-refractivity contribution in [2.24, 2.45) is 10.1 Å². The third kappa shape index (κ3) is 8.81. The molecule has 1 aliphatic heterocycles. The standard InChI is InChI=1S/C36H37ClN6O6S/c37-32-14-7-5-9-26(32)19-21-39-42-35(45)36(20-24-50(46,47)30-11-2-1-3-12-30)33(31-13-6-4-10-28(31)25-40-43-38)49-34(41-36)27-15-17-29(18-16-27)48-23-8-22-44/h1-7,9-18,33,39,44H,8,19-25H2,(H,42,45)/t33-,36-/m0/s1. The summed E-state index contributed by atoms with van der Waals surface area (Å²) in [6, 6.07) is 29.4. The molecule has 0 radical (unpaired) electrons. The number of ether oxygens (including phenoxy) is 2. The minimum absolute atomic E-state index is 0.00423. The van der Waals surface area contributed by atoms with E-state index < -0.39 is 33.1 Å². The van der Waals surface area contributed by atoms with Crippen LogP contribution in [0.1, 0.15) is 41.2 Å². The predicted octanol–water partition coefficient (Wildman–Crippen LogP) is 5.90. The summed E-state index contributed by atoms with van der Waals surface area (Å²) in [5.74, 6) is -0.337. The highest BCUT2D eigenvalue weighted by Crippen LogP contribution is 2.44. The molecule has 2 atom stereocenters. The number of rotatable bonds is 17. The van der Waals surface area contributed by atoms with Crippen LogP contribution in [0.25, 0.3) is 10.4 Å². The molecule has 0 spiro atoms. The van der Waals surface area contributed by atoms with Crippen molar-refractivity contribution in [1.82, 2.24) is 10.9 Å². The summed E-state index contributed by atoms with van der Waals surface area (Å²) in [6.07, 6.45) is -0.357.